The summed E-state index contributed by atoms with van der Waals surface area (Å²) in [6.07, 6.45) is 2.34. The minimum Gasteiger partial charge on any atom is -0.313 e. The Balaban J connectivity index is 2.28. The van der Waals surface area contributed by atoms with Crippen molar-refractivity contribution in [3.8, 4) is 0 Å². The SMILES string of the molecule is CNC(Cc1cn(C)nn1)c1c(F)cccc1Cl. The van der Waals surface area contributed by atoms with Gasteiger partial charge in [0, 0.05) is 36.3 Å². The Kier molecular flexibility index (Phi) is 3.93. The lowest BCUT2D eigenvalue weighted by Crippen LogP contribution is -2.20. The molecule has 0 spiro atoms. The summed E-state index contributed by atoms with van der Waals surface area (Å²) in [6.45, 7) is 0. The number of benzene rings is 1. The van der Waals surface area contributed by atoms with Gasteiger partial charge >= 0.3 is 0 Å². The fraction of sp³-hybridized carbons (Fsp3) is 0.333. The topological polar surface area (TPSA) is 42.7 Å². The Labute approximate surface area is 110 Å². The minimum absolute atomic E-state index is 0.226. The van der Waals surface area contributed by atoms with E-state index >= 15 is 0 Å². The largest absolute Gasteiger partial charge is 0.313 e. The Hall–Kier alpha value is -1.46. The zero-order valence-corrected chi connectivity index (χ0v) is 10.9. The highest BCUT2D eigenvalue weighted by Gasteiger charge is 2.19. The van der Waals surface area contributed by atoms with E-state index in [2.05, 4.69) is 15.6 Å². The maximum Gasteiger partial charge on any atom is 0.129 e. The number of nitrogens with one attached hydrogen (secondary N) is 1. The highest BCUT2D eigenvalue weighted by molar-refractivity contribution is 6.31. The molecule has 1 heterocycles. The number of rotatable bonds is 4. The molecule has 0 aliphatic heterocycles. The lowest BCUT2D eigenvalue weighted by atomic mass is 10.0. The fourth-order valence-electron chi connectivity index (χ4n) is 1.89. The molecule has 0 bridgehead atoms. The summed E-state index contributed by atoms with van der Waals surface area (Å²) in [7, 11) is 3.56. The lowest BCUT2D eigenvalue weighted by molar-refractivity contribution is 0.530. The van der Waals surface area contributed by atoms with Crippen LogP contribution in [0.4, 0.5) is 4.39 Å². The molecule has 1 aromatic heterocycles. The molecule has 0 fully saturated rings. The summed E-state index contributed by atoms with van der Waals surface area (Å²) < 4.78 is 15.4. The van der Waals surface area contributed by atoms with Crippen LogP contribution < -0.4 is 5.32 Å². The highest BCUT2D eigenvalue weighted by Crippen LogP contribution is 2.27. The van der Waals surface area contributed by atoms with E-state index in [1.165, 1.54) is 6.07 Å². The standard InChI is InChI=1S/C12H14ClFN4/c1-15-11(6-8-7-18(2)17-16-8)12-9(13)4-3-5-10(12)14/h3-5,7,11,15H,6H2,1-2H3. The second-order valence-electron chi connectivity index (χ2n) is 4.06. The molecule has 0 aliphatic rings. The molecular formula is C12H14ClFN4. The van der Waals surface area contributed by atoms with E-state index in [0.717, 1.165) is 5.69 Å². The zero-order valence-electron chi connectivity index (χ0n) is 10.2. The van der Waals surface area contributed by atoms with Gasteiger partial charge in [-0.2, -0.15) is 0 Å². The molecule has 18 heavy (non-hydrogen) atoms. The molecule has 2 aromatic rings. The Morgan fingerprint density at radius 2 is 2.28 bits per heavy atom. The summed E-state index contributed by atoms with van der Waals surface area (Å²) in [4.78, 5) is 0. The third kappa shape index (κ3) is 2.68. The number of halogens is 2. The van der Waals surface area contributed by atoms with E-state index in [9.17, 15) is 4.39 Å². The van der Waals surface area contributed by atoms with E-state index in [1.807, 2.05) is 0 Å². The van der Waals surface area contributed by atoms with E-state index in [-0.39, 0.29) is 11.9 Å². The highest BCUT2D eigenvalue weighted by atomic mass is 35.5. The summed E-state index contributed by atoms with van der Waals surface area (Å²) in [5, 5.41) is 11.3. The molecule has 0 aliphatic carbocycles. The average Bonchev–Trinajstić information content (AvgIpc) is 2.73. The van der Waals surface area contributed by atoms with Crippen LogP contribution in [0.15, 0.2) is 24.4 Å². The molecule has 1 unspecified atom stereocenters. The first kappa shape index (κ1) is 13.0. The second-order valence-corrected chi connectivity index (χ2v) is 4.47. The van der Waals surface area contributed by atoms with Crippen molar-refractivity contribution in [2.24, 2.45) is 7.05 Å². The van der Waals surface area contributed by atoms with Crippen LogP contribution in [0.2, 0.25) is 5.02 Å². The Morgan fingerprint density at radius 1 is 1.50 bits per heavy atom. The van der Waals surface area contributed by atoms with Crippen molar-refractivity contribution in [2.75, 3.05) is 7.05 Å². The van der Waals surface area contributed by atoms with E-state index in [4.69, 9.17) is 11.6 Å². The van der Waals surface area contributed by atoms with Crippen molar-refractivity contribution in [1.29, 1.82) is 0 Å². The minimum atomic E-state index is -0.314. The van der Waals surface area contributed by atoms with Crippen molar-refractivity contribution >= 4 is 11.6 Å². The summed E-state index contributed by atoms with van der Waals surface area (Å²) in [5.41, 5.74) is 1.25. The maximum atomic E-state index is 13.8. The zero-order chi connectivity index (χ0) is 13.1. The number of hydrogen-bond donors (Lipinski definition) is 1. The van der Waals surface area contributed by atoms with Gasteiger partial charge in [0.25, 0.3) is 0 Å². The van der Waals surface area contributed by atoms with Crippen LogP contribution >= 0.6 is 11.6 Å². The number of nitrogens with zero attached hydrogens (tertiary/aromatic N) is 3. The number of aromatic nitrogens is 3. The first-order valence-corrected chi connectivity index (χ1v) is 5.96. The third-order valence-electron chi connectivity index (χ3n) is 2.76. The first-order valence-electron chi connectivity index (χ1n) is 5.58. The Morgan fingerprint density at radius 3 is 2.83 bits per heavy atom. The van der Waals surface area contributed by atoms with Crippen LogP contribution in [0.3, 0.4) is 0 Å². The molecule has 1 atom stereocenters. The van der Waals surface area contributed by atoms with E-state index in [1.54, 1.807) is 37.1 Å². The van der Waals surface area contributed by atoms with E-state index in [0.29, 0.717) is 17.0 Å². The van der Waals surface area contributed by atoms with Gasteiger partial charge in [0.05, 0.1) is 5.69 Å². The summed E-state index contributed by atoms with van der Waals surface area (Å²) in [5.74, 6) is -0.314. The average molecular weight is 269 g/mol. The number of likely N-dealkylation sites (N-methyl/N-ethyl adjacent to an activating group) is 1. The van der Waals surface area contributed by atoms with Crippen molar-refractivity contribution in [2.45, 2.75) is 12.5 Å². The molecule has 0 saturated heterocycles. The molecule has 0 radical (unpaired) electrons. The van der Waals surface area contributed by atoms with Gasteiger partial charge in [-0.3, -0.25) is 4.68 Å². The van der Waals surface area contributed by atoms with Crippen molar-refractivity contribution in [1.82, 2.24) is 20.3 Å². The van der Waals surface area contributed by atoms with Gasteiger partial charge < -0.3 is 5.32 Å². The van der Waals surface area contributed by atoms with Gasteiger partial charge in [0.2, 0.25) is 0 Å². The fourth-order valence-corrected chi connectivity index (χ4v) is 2.18. The predicted molar refractivity (Wildman–Crippen MR) is 67.9 cm³/mol. The van der Waals surface area contributed by atoms with Crippen LogP contribution in [0, 0.1) is 5.82 Å². The first-order chi connectivity index (χ1) is 8.61. The maximum absolute atomic E-state index is 13.8. The molecular weight excluding hydrogens is 255 g/mol. The molecule has 0 amide bonds. The predicted octanol–water partition coefficient (Wildman–Crippen LogP) is 2.11. The van der Waals surface area contributed by atoms with Crippen molar-refractivity contribution < 1.29 is 4.39 Å². The van der Waals surface area contributed by atoms with Crippen LogP contribution in [-0.4, -0.2) is 22.0 Å². The molecule has 1 N–H and O–H groups in total. The summed E-state index contributed by atoms with van der Waals surface area (Å²) >= 11 is 6.05. The number of aryl methyl sites for hydroxylation is 1. The number of hydrogen-bond acceptors (Lipinski definition) is 3. The molecule has 96 valence electrons. The van der Waals surface area contributed by atoms with Crippen molar-refractivity contribution in [3.05, 3.63) is 46.5 Å². The second kappa shape index (κ2) is 5.46. The van der Waals surface area contributed by atoms with Crippen LogP contribution in [-0.2, 0) is 13.5 Å². The third-order valence-corrected chi connectivity index (χ3v) is 3.09. The molecule has 4 nitrogen and oxygen atoms in total. The van der Waals surface area contributed by atoms with Crippen LogP contribution in [0.25, 0.3) is 0 Å². The lowest BCUT2D eigenvalue weighted by Gasteiger charge is -2.17. The van der Waals surface area contributed by atoms with Gasteiger partial charge in [-0.1, -0.05) is 22.9 Å². The molecule has 6 heteroatoms. The Bertz CT molecular complexity index is 520. The van der Waals surface area contributed by atoms with Crippen LogP contribution in [0.5, 0.6) is 0 Å². The van der Waals surface area contributed by atoms with Crippen molar-refractivity contribution in [3.63, 3.8) is 0 Å². The molecule has 0 saturated carbocycles. The summed E-state index contributed by atoms with van der Waals surface area (Å²) in [6, 6.07) is 4.45. The van der Waals surface area contributed by atoms with E-state index < -0.39 is 0 Å². The molecule has 1 aromatic carbocycles. The normalized spacial score (nSPS) is 12.7. The molecule has 2 rings (SSSR count). The van der Waals surface area contributed by atoms with Gasteiger partial charge in [-0.15, -0.1) is 5.10 Å². The van der Waals surface area contributed by atoms with Gasteiger partial charge in [0.1, 0.15) is 5.82 Å². The monoisotopic (exact) mass is 268 g/mol. The quantitative estimate of drug-likeness (QED) is 0.924. The van der Waals surface area contributed by atoms with Gasteiger partial charge in [0.15, 0.2) is 0 Å². The van der Waals surface area contributed by atoms with Gasteiger partial charge in [-0.25, -0.2) is 4.39 Å². The van der Waals surface area contributed by atoms with Gasteiger partial charge in [-0.05, 0) is 19.2 Å². The smallest absolute Gasteiger partial charge is 0.129 e. The van der Waals surface area contributed by atoms with Crippen LogP contribution in [0.1, 0.15) is 17.3 Å².